The molecule has 0 aromatic heterocycles. The Morgan fingerprint density at radius 2 is 2.07 bits per heavy atom. The van der Waals surface area contributed by atoms with E-state index in [-0.39, 0.29) is 18.0 Å². The van der Waals surface area contributed by atoms with Gasteiger partial charge in [0.05, 0.1) is 6.04 Å². The summed E-state index contributed by atoms with van der Waals surface area (Å²) in [6.45, 7) is 5.62. The molecule has 0 aliphatic carbocycles. The average Bonchev–Trinajstić information content (AvgIpc) is 2.18. The normalized spacial score (nSPS) is 20.3. The molecule has 0 saturated carbocycles. The van der Waals surface area contributed by atoms with E-state index in [1.165, 1.54) is 0 Å². The molecule has 0 radical (unpaired) electrons. The van der Waals surface area contributed by atoms with E-state index in [0.717, 1.165) is 32.5 Å². The van der Waals surface area contributed by atoms with Crippen LogP contribution in [0.4, 0.5) is 0 Å². The van der Waals surface area contributed by atoms with E-state index in [2.05, 4.69) is 19.2 Å². The number of rotatable bonds is 4. The summed E-state index contributed by atoms with van der Waals surface area (Å²) < 4.78 is 5.22. The van der Waals surface area contributed by atoms with E-state index in [4.69, 9.17) is 10.5 Å². The van der Waals surface area contributed by atoms with Gasteiger partial charge in [0.25, 0.3) is 0 Å². The summed E-state index contributed by atoms with van der Waals surface area (Å²) >= 11 is 0. The van der Waals surface area contributed by atoms with Crippen LogP contribution in [0.15, 0.2) is 0 Å². The molecule has 4 heteroatoms. The summed E-state index contributed by atoms with van der Waals surface area (Å²) in [6, 6.07) is -0.114. The van der Waals surface area contributed by atoms with Gasteiger partial charge in [-0.3, -0.25) is 4.79 Å². The highest BCUT2D eigenvalue weighted by molar-refractivity contribution is 5.81. The lowest BCUT2D eigenvalue weighted by Crippen LogP contribution is -2.47. The number of nitrogens with one attached hydrogen (secondary N) is 1. The SMILES string of the molecule is CC(C)CC(N)C(=O)NC1CCOCC1. The van der Waals surface area contributed by atoms with E-state index < -0.39 is 0 Å². The van der Waals surface area contributed by atoms with Gasteiger partial charge in [0.1, 0.15) is 0 Å². The van der Waals surface area contributed by atoms with E-state index >= 15 is 0 Å². The highest BCUT2D eigenvalue weighted by Gasteiger charge is 2.20. The Morgan fingerprint density at radius 1 is 1.47 bits per heavy atom. The Kier molecular flexibility index (Phi) is 5.05. The van der Waals surface area contributed by atoms with Gasteiger partial charge in [-0.15, -0.1) is 0 Å². The van der Waals surface area contributed by atoms with E-state index in [1.54, 1.807) is 0 Å². The van der Waals surface area contributed by atoms with Crippen molar-refractivity contribution in [3.63, 3.8) is 0 Å². The summed E-state index contributed by atoms with van der Waals surface area (Å²) in [5.74, 6) is 0.441. The standard InChI is InChI=1S/C11H22N2O2/c1-8(2)7-10(12)11(14)13-9-3-5-15-6-4-9/h8-10H,3-7,12H2,1-2H3,(H,13,14). The molecule has 1 amide bonds. The van der Waals surface area contributed by atoms with Crippen LogP contribution in [0, 0.1) is 5.92 Å². The van der Waals surface area contributed by atoms with Crippen LogP contribution in [0.2, 0.25) is 0 Å². The average molecular weight is 214 g/mol. The number of carbonyl (C=O) groups is 1. The second-order valence-electron chi connectivity index (χ2n) is 4.63. The second kappa shape index (κ2) is 6.08. The van der Waals surface area contributed by atoms with Gasteiger partial charge in [0.2, 0.25) is 5.91 Å². The van der Waals surface area contributed by atoms with Crippen LogP contribution >= 0.6 is 0 Å². The van der Waals surface area contributed by atoms with Gasteiger partial charge in [0.15, 0.2) is 0 Å². The molecule has 15 heavy (non-hydrogen) atoms. The summed E-state index contributed by atoms with van der Waals surface area (Å²) in [4.78, 5) is 11.7. The van der Waals surface area contributed by atoms with Crippen molar-refractivity contribution < 1.29 is 9.53 Å². The molecule has 1 fully saturated rings. The molecule has 1 heterocycles. The first kappa shape index (κ1) is 12.5. The summed E-state index contributed by atoms with van der Waals surface area (Å²) in [5, 5.41) is 2.98. The van der Waals surface area contributed by atoms with Gasteiger partial charge in [-0.2, -0.15) is 0 Å². The van der Waals surface area contributed by atoms with Gasteiger partial charge in [0, 0.05) is 19.3 Å². The predicted molar refractivity (Wildman–Crippen MR) is 59.4 cm³/mol. The van der Waals surface area contributed by atoms with Crippen LogP contribution in [-0.2, 0) is 9.53 Å². The molecule has 4 nitrogen and oxygen atoms in total. The molecule has 1 saturated heterocycles. The van der Waals surface area contributed by atoms with Crippen LogP contribution < -0.4 is 11.1 Å². The smallest absolute Gasteiger partial charge is 0.237 e. The number of hydrogen-bond donors (Lipinski definition) is 2. The van der Waals surface area contributed by atoms with Gasteiger partial charge >= 0.3 is 0 Å². The number of nitrogens with two attached hydrogens (primary N) is 1. The van der Waals surface area contributed by atoms with Crippen LogP contribution in [0.25, 0.3) is 0 Å². The third-order valence-corrected chi connectivity index (χ3v) is 2.63. The zero-order chi connectivity index (χ0) is 11.3. The van der Waals surface area contributed by atoms with Crippen molar-refractivity contribution in [2.45, 2.75) is 45.2 Å². The molecule has 3 N–H and O–H groups in total. The van der Waals surface area contributed by atoms with E-state index in [0.29, 0.717) is 5.92 Å². The molecule has 1 aliphatic rings. The Balaban J connectivity index is 2.27. The maximum atomic E-state index is 11.7. The minimum absolute atomic E-state index is 0.0180. The molecule has 0 aromatic carbocycles. The Bertz CT molecular complexity index is 201. The molecule has 0 spiro atoms. The summed E-state index contributed by atoms with van der Waals surface area (Å²) in [6.07, 6.45) is 2.55. The van der Waals surface area contributed by atoms with Crippen molar-refractivity contribution in [2.24, 2.45) is 11.7 Å². The molecule has 1 atom stereocenters. The highest BCUT2D eigenvalue weighted by Crippen LogP contribution is 2.08. The fourth-order valence-corrected chi connectivity index (χ4v) is 1.77. The van der Waals surface area contributed by atoms with Crippen LogP contribution in [0.5, 0.6) is 0 Å². The number of hydrogen-bond acceptors (Lipinski definition) is 3. The van der Waals surface area contributed by atoms with Crippen LogP contribution in [-0.4, -0.2) is 31.2 Å². The molecular formula is C11H22N2O2. The highest BCUT2D eigenvalue weighted by atomic mass is 16.5. The quantitative estimate of drug-likeness (QED) is 0.722. The van der Waals surface area contributed by atoms with Gasteiger partial charge in [-0.25, -0.2) is 0 Å². The topological polar surface area (TPSA) is 64.4 Å². The largest absolute Gasteiger partial charge is 0.381 e. The fraction of sp³-hybridized carbons (Fsp3) is 0.909. The van der Waals surface area contributed by atoms with Crippen molar-refractivity contribution in [3.05, 3.63) is 0 Å². The number of amides is 1. The second-order valence-corrected chi connectivity index (χ2v) is 4.63. The van der Waals surface area contributed by atoms with Gasteiger partial charge in [-0.1, -0.05) is 13.8 Å². The first-order valence-corrected chi connectivity index (χ1v) is 5.73. The molecule has 88 valence electrons. The van der Waals surface area contributed by atoms with Gasteiger partial charge < -0.3 is 15.8 Å². The summed E-state index contributed by atoms with van der Waals surface area (Å²) in [7, 11) is 0. The lowest BCUT2D eigenvalue weighted by Gasteiger charge is -2.25. The Hall–Kier alpha value is -0.610. The monoisotopic (exact) mass is 214 g/mol. The lowest BCUT2D eigenvalue weighted by atomic mass is 10.0. The fourth-order valence-electron chi connectivity index (χ4n) is 1.77. The van der Waals surface area contributed by atoms with Crippen molar-refractivity contribution in [1.82, 2.24) is 5.32 Å². The predicted octanol–water partition coefficient (Wildman–Crippen LogP) is 0.655. The van der Waals surface area contributed by atoms with Gasteiger partial charge in [-0.05, 0) is 25.2 Å². The van der Waals surface area contributed by atoms with Crippen molar-refractivity contribution in [2.75, 3.05) is 13.2 Å². The third-order valence-electron chi connectivity index (χ3n) is 2.63. The first-order valence-electron chi connectivity index (χ1n) is 5.73. The molecule has 0 aromatic rings. The number of carbonyl (C=O) groups excluding carboxylic acids is 1. The molecule has 0 bridgehead atoms. The van der Waals surface area contributed by atoms with Crippen LogP contribution in [0.3, 0.4) is 0 Å². The third kappa shape index (κ3) is 4.62. The maximum Gasteiger partial charge on any atom is 0.237 e. The molecule has 1 unspecified atom stereocenters. The van der Waals surface area contributed by atoms with E-state index in [9.17, 15) is 4.79 Å². The van der Waals surface area contributed by atoms with Crippen LogP contribution in [0.1, 0.15) is 33.1 Å². The summed E-state index contributed by atoms with van der Waals surface area (Å²) in [5.41, 5.74) is 5.79. The minimum Gasteiger partial charge on any atom is -0.381 e. The molecule has 1 aliphatic heterocycles. The maximum absolute atomic E-state index is 11.7. The Labute approximate surface area is 91.5 Å². The van der Waals surface area contributed by atoms with E-state index in [1.807, 2.05) is 0 Å². The lowest BCUT2D eigenvalue weighted by molar-refractivity contribution is -0.124. The zero-order valence-electron chi connectivity index (χ0n) is 9.66. The van der Waals surface area contributed by atoms with Crippen molar-refractivity contribution in [3.8, 4) is 0 Å². The van der Waals surface area contributed by atoms with Crippen molar-refractivity contribution >= 4 is 5.91 Å². The Morgan fingerprint density at radius 3 is 2.60 bits per heavy atom. The van der Waals surface area contributed by atoms with Crippen molar-refractivity contribution in [1.29, 1.82) is 0 Å². The zero-order valence-corrected chi connectivity index (χ0v) is 9.66. The number of ether oxygens (including phenoxy) is 1. The molecular weight excluding hydrogens is 192 g/mol. The first-order chi connectivity index (χ1) is 7.09. The molecule has 1 rings (SSSR count). The minimum atomic E-state index is -0.368.